The van der Waals surface area contributed by atoms with Crippen molar-refractivity contribution < 1.29 is 67.3 Å². The molecule has 15 heteroatoms. The number of halogens is 13. The van der Waals surface area contributed by atoms with Crippen molar-refractivity contribution in [1.82, 2.24) is 0 Å². The summed E-state index contributed by atoms with van der Waals surface area (Å²) in [5.74, 6) is -38.1. The second-order valence-electron chi connectivity index (χ2n) is 6.17. The van der Waals surface area contributed by atoms with E-state index in [0.717, 1.165) is 18.2 Å². The van der Waals surface area contributed by atoms with E-state index >= 15 is 0 Å². The second-order valence-corrected chi connectivity index (χ2v) is 6.17. The van der Waals surface area contributed by atoms with Crippen LogP contribution in [0.1, 0.15) is 18.4 Å². The van der Waals surface area contributed by atoms with E-state index in [9.17, 15) is 62.2 Å². The zero-order valence-electron chi connectivity index (χ0n) is 14.2. The van der Waals surface area contributed by atoms with Crippen LogP contribution in [0.5, 0.6) is 11.5 Å². The molecule has 0 aliphatic rings. The highest BCUT2D eigenvalue weighted by molar-refractivity contribution is 5.38. The molecular weight excluding hydrogens is 459 g/mol. The fourth-order valence-electron chi connectivity index (χ4n) is 2.23. The molecule has 0 saturated carbocycles. The van der Waals surface area contributed by atoms with Crippen LogP contribution in [0.2, 0.25) is 0 Å². The third-order valence-corrected chi connectivity index (χ3v) is 4.00. The van der Waals surface area contributed by atoms with Crippen LogP contribution in [0.25, 0.3) is 0 Å². The van der Waals surface area contributed by atoms with Gasteiger partial charge in [-0.3, -0.25) is 0 Å². The maximum absolute atomic E-state index is 13.6. The van der Waals surface area contributed by atoms with Crippen molar-refractivity contribution in [1.29, 1.82) is 0 Å². The standard InChI is InChI=1S/C15H11F13O2/c16-10(17,5-1-2-7-6-8(29)3-4-9(7)30)11(18,19)12(20,21)13(22,23)14(24,25)15(26,27)28/h3-4,6,29-30H,1-2,5H2. The van der Waals surface area contributed by atoms with Crippen LogP contribution in [-0.4, -0.2) is 46.0 Å². The highest BCUT2D eigenvalue weighted by Gasteiger charge is 2.90. The second kappa shape index (κ2) is 7.55. The highest BCUT2D eigenvalue weighted by atomic mass is 19.4. The Labute approximate surface area is 158 Å². The van der Waals surface area contributed by atoms with E-state index in [2.05, 4.69) is 0 Å². The first kappa shape index (κ1) is 25.9. The SMILES string of the molecule is Oc1ccc(O)c(CCCC(F)(F)C(F)(F)C(F)(F)C(F)(F)C(F)(F)C(F)(F)F)c1. The molecule has 0 bridgehead atoms. The quantitative estimate of drug-likeness (QED) is 0.353. The minimum absolute atomic E-state index is 0.352. The van der Waals surface area contributed by atoms with Crippen LogP contribution in [0.3, 0.4) is 0 Å². The lowest BCUT2D eigenvalue weighted by Gasteiger charge is -2.39. The molecule has 2 nitrogen and oxygen atoms in total. The van der Waals surface area contributed by atoms with Gasteiger partial charge in [0, 0.05) is 6.42 Å². The van der Waals surface area contributed by atoms with Gasteiger partial charge in [-0.05, 0) is 36.6 Å². The van der Waals surface area contributed by atoms with E-state index < -0.39 is 66.6 Å². The van der Waals surface area contributed by atoms with Gasteiger partial charge < -0.3 is 10.2 Å². The van der Waals surface area contributed by atoms with E-state index in [0.29, 0.717) is 0 Å². The number of phenols is 2. The molecule has 2 N–H and O–H groups in total. The van der Waals surface area contributed by atoms with Gasteiger partial charge in [-0.2, -0.15) is 57.1 Å². The molecule has 1 aromatic carbocycles. The zero-order valence-corrected chi connectivity index (χ0v) is 14.2. The van der Waals surface area contributed by atoms with Gasteiger partial charge in [-0.1, -0.05) is 0 Å². The van der Waals surface area contributed by atoms with E-state index in [1.807, 2.05) is 0 Å². The van der Waals surface area contributed by atoms with Crippen molar-refractivity contribution in [3.63, 3.8) is 0 Å². The molecule has 0 radical (unpaired) electrons. The summed E-state index contributed by atoms with van der Waals surface area (Å²) in [6.45, 7) is 0. The van der Waals surface area contributed by atoms with Gasteiger partial charge in [0.1, 0.15) is 11.5 Å². The van der Waals surface area contributed by atoms with Gasteiger partial charge in [-0.25, -0.2) is 0 Å². The fraction of sp³-hybridized carbons (Fsp3) is 0.600. The third kappa shape index (κ3) is 4.06. The Kier molecular flexibility index (Phi) is 6.53. The maximum Gasteiger partial charge on any atom is 0.460 e. The Morgan fingerprint density at radius 2 is 1.10 bits per heavy atom. The average Bonchev–Trinajstić information content (AvgIpc) is 2.56. The van der Waals surface area contributed by atoms with Crippen LogP contribution in [0.4, 0.5) is 57.1 Å². The van der Waals surface area contributed by atoms with Gasteiger partial charge in [0.05, 0.1) is 0 Å². The summed E-state index contributed by atoms with van der Waals surface area (Å²) < 4.78 is 168. The largest absolute Gasteiger partial charge is 0.508 e. The first-order chi connectivity index (χ1) is 13.1. The van der Waals surface area contributed by atoms with Crippen molar-refractivity contribution in [3.05, 3.63) is 23.8 Å². The Hall–Kier alpha value is -2.09. The summed E-state index contributed by atoms with van der Waals surface area (Å²) in [7, 11) is 0. The average molecular weight is 470 g/mol. The summed E-state index contributed by atoms with van der Waals surface area (Å²) in [5.41, 5.74) is -0.352. The fourth-order valence-corrected chi connectivity index (χ4v) is 2.23. The summed E-state index contributed by atoms with van der Waals surface area (Å²) in [4.78, 5) is 0. The number of hydrogen-bond acceptors (Lipinski definition) is 2. The number of alkyl halides is 13. The van der Waals surface area contributed by atoms with Crippen molar-refractivity contribution in [2.45, 2.75) is 55.1 Å². The Bertz CT molecular complexity index is 755. The Balaban J connectivity index is 3.15. The Morgan fingerprint density at radius 1 is 0.633 bits per heavy atom. The van der Waals surface area contributed by atoms with Crippen LogP contribution in [-0.2, 0) is 6.42 Å². The smallest absolute Gasteiger partial charge is 0.460 e. The molecular formula is C15H11F13O2. The first-order valence-electron chi connectivity index (χ1n) is 7.60. The molecule has 0 atom stereocenters. The maximum atomic E-state index is 13.6. The number of aryl methyl sites for hydroxylation is 1. The van der Waals surface area contributed by atoms with Crippen LogP contribution < -0.4 is 0 Å². The summed E-state index contributed by atoms with van der Waals surface area (Å²) >= 11 is 0. The minimum Gasteiger partial charge on any atom is -0.508 e. The molecule has 30 heavy (non-hydrogen) atoms. The third-order valence-electron chi connectivity index (χ3n) is 4.00. The van der Waals surface area contributed by atoms with Crippen LogP contribution in [0.15, 0.2) is 18.2 Å². The van der Waals surface area contributed by atoms with Crippen molar-refractivity contribution in [3.8, 4) is 11.5 Å². The van der Waals surface area contributed by atoms with E-state index in [1.165, 1.54) is 0 Å². The van der Waals surface area contributed by atoms with Gasteiger partial charge in [0.2, 0.25) is 0 Å². The lowest BCUT2D eigenvalue weighted by Crippen LogP contribution is -2.70. The summed E-state index contributed by atoms with van der Waals surface area (Å²) in [6.07, 6.45) is -11.8. The van der Waals surface area contributed by atoms with Crippen LogP contribution >= 0.6 is 0 Å². The normalized spacial score (nSPS) is 14.8. The minimum atomic E-state index is -7.92. The summed E-state index contributed by atoms with van der Waals surface area (Å²) in [6, 6.07) is 2.52. The van der Waals surface area contributed by atoms with E-state index in [1.54, 1.807) is 0 Å². The molecule has 0 aliphatic heterocycles. The predicted octanol–water partition coefficient (Wildman–Crippen LogP) is 6.16. The molecule has 0 aromatic heterocycles. The predicted molar refractivity (Wildman–Crippen MR) is 73.5 cm³/mol. The Morgan fingerprint density at radius 3 is 1.57 bits per heavy atom. The zero-order chi connectivity index (χ0) is 24.0. The molecule has 0 saturated heterocycles. The molecule has 1 aromatic rings. The monoisotopic (exact) mass is 470 g/mol. The number of aromatic hydroxyl groups is 2. The lowest BCUT2D eigenvalue weighted by atomic mass is 9.91. The molecule has 1 rings (SSSR count). The lowest BCUT2D eigenvalue weighted by molar-refractivity contribution is -0.440. The van der Waals surface area contributed by atoms with Gasteiger partial charge in [0.25, 0.3) is 0 Å². The number of phenolic OH excluding ortho intramolecular Hbond substituents is 2. The van der Waals surface area contributed by atoms with Crippen molar-refractivity contribution >= 4 is 0 Å². The van der Waals surface area contributed by atoms with Crippen molar-refractivity contribution in [2.75, 3.05) is 0 Å². The number of rotatable bonds is 8. The highest BCUT2D eigenvalue weighted by Crippen LogP contribution is 2.60. The van der Waals surface area contributed by atoms with Gasteiger partial charge >= 0.3 is 35.8 Å². The van der Waals surface area contributed by atoms with Gasteiger partial charge in [-0.15, -0.1) is 0 Å². The molecule has 0 unspecified atom stereocenters. The first-order valence-corrected chi connectivity index (χ1v) is 7.60. The van der Waals surface area contributed by atoms with E-state index in [-0.39, 0.29) is 5.56 Å². The van der Waals surface area contributed by atoms with Crippen molar-refractivity contribution in [2.24, 2.45) is 0 Å². The summed E-state index contributed by atoms with van der Waals surface area (Å²) in [5, 5.41) is 18.5. The molecule has 0 amide bonds. The van der Waals surface area contributed by atoms with Gasteiger partial charge in [0.15, 0.2) is 0 Å². The van der Waals surface area contributed by atoms with Crippen LogP contribution in [0, 0.1) is 0 Å². The van der Waals surface area contributed by atoms with E-state index in [4.69, 9.17) is 5.11 Å². The number of hydrogen-bond donors (Lipinski definition) is 2. The molecule has 0 heterocycles. The molecule has 0 fully saturated rings. The molecule has 174 valence electrons. The number of benzene rings is 1. The topological polar surface area (TPSA) is 40.5 Å². The molecule has 0 spiro atoms. The molecule has 0 aliphatic carbocycles.